The van der Waals surface area contributed by atoms with Crippen molar-refractivity contribution in [2.75, 3.05) is 13.7 Å². The van der Waals surface area contributed by atoms with Crippen LogP contribution in [0.4, 0.5) is 0 Å². The number of phenolic OH excluding ortho intramolecular Hbond substituents is 1. The third kappa shape index (κ3) is 6.33. The minimum Gasteiger partial charge on any atom is -0.510 e. The van der Waals surface area contributed by atoms with Crippen LogP contribution >= 0.6 is 0 Å². The van der Waals surface area contributed by atoms with Gasteiger partial charge in [0.15, 0.2) is 12.1 Å². The van der Waals surface area contributed by atoms with Crippen LogP contribution in [0.1, 0.15) is 36.5 Å². The number of phenols is 1. The maximum atomic E-state index is 12.9. The molecular weight excluding hydrogens is 576 g/mol. The number of ketones is 1. The van der Waals surface area contributed by atoms with E-state index < -0.39 is 86.0 Å². The molecule has 5 rings (SSSR count). The first-order valence-corrected chi connectivity index (χ1v) is 14.1. The number of rotatable bonds is 7. The average Bonchev–Trinajstić information content (AvgIpc) is 2.97. The van der Waals surface area contributed by atoms with Gasteiger partial charge in [-0.05, 0) is 25.8 Å². The molecule has 0 unspecified atom stereocenters. The number of carbonyl (C=O) groups excluding carboxylic acids is 1. The van der Waals surface area contributed by atoms with E-state index >= 15 is 0 Å². The minimum atomic E-state index is -1.76. The van der Waals surface area contributed by atoms with Crippen molar-refractivity contribution in [3.8, 4) is 17.2 Å². The number of methoxy groups -OCH3 is 1. The van der Waals surface area contributed by atoms with Crippen molar-refractivity contribution >= 4 is 5.78 Å². The molecule has 3 aliphatic heterocycles. The van der Waals surface area contributed by atoms with Gasteiger partial charge in [0.1, 0.15) is 83.5 Å². The first kappa shape index (κ1) is 31.8. The second-order valence-corrected chi connectivity index (χ2v) is 11.3. The van der Waals surface area contributed by atoms with Gasteiger partial charge >= 0.3 is 0 Å². The quantitative estimate of drug-likeness (QED) is 0.177. The number of aromatic hydroxyl groups is 1. The van der Waals surface area contributed by atoms with Crippen LogP contribution in [0.5, 0.6) is 17.2 Å². The van der Waals surface area contributed by atoms with Crippen LogP contribution in [0.2, 0.25) is 0 Å². The van der Waals surface area contributed by atoms with Crippen molar-refractivity contribution < 1.29 is 74.1 Å². The summed E-state index contributed by atoms with van der Waals surface area (Å²) in [6.45, 7) is 0.981. The molecule has 0 amide bonds. The zero-order valence-corrected chi connectivity index (χ0v) is 23.5. The van der Waals surface area contributed by atoms with Crippen LogP contribution in [0.15, 0.2) is 24.0 Å². The number of hydrogen-bond donors (Lipinski definition) is 8. The molecule has 3 heterocycles. The third-order valence-electron chi connectivity index (χ3n) is 8.39. The summed E-state index contributed by atoms with van der Waals surface area (Å²) >= 11 is 0. The predicted octanol–water partition coefficient (Wildman–Crippen LogP) is -1.38. The van der Waals surface area contributed by atoms with Crippen LogP contribution in [0.3, 0.4) is 0 Å². The molecule has 1 aromatic rings. The van der Waals surface area contributed by atoms with Crippen molar-refractivity contribution in [1.82, 2.24) is 0 Å². The molecule has 8 N–H and O–H groups in total. The van der Waals surface area contributed by atoms with Crippen molar-refractivity contribution in [2.45, 2.75) is 99.8 Å². The lowest BCUT2D eigenvalue weighted by atomic mass is 9.84. The van der Waals surface area contributed by atoms with E-state index in [1.54, 1.807) is 6.08 Å². The number of benzene rings is 1. The van der Waals surface area contributed by atoms with E-state index in [4.69, 9.17) is 28.4 Å². The van der Waals surface area contributed by atoms with Gasteiger partial charge in [-0.1, -0.05) is 0 Å². The molecule has 2 saturated heterocycles. The standard InChI is InChI=1S/C28H38O15/c1-10-21(32)23(34)25(36)27(40-10)39-9-19-22(33)24(35)26(37)28(43-19)41-12-6-14(30)20-15(31)8-17(42-18(20)7-12)11-3-4-16(38-2)13(29)5-11/h5-7,10-11,16-17,19,21-30,32-37H,3-4,8-9H2,1-2H3/t10-,11-,16+,17-,19+,21-,22+,23+,24-,25+,26+,27+,28+/m1/s1. The summed E-state index contributed by atoms with van der Waals surface area (Å²) < 4.78 is 33.5. The maximum absolute atomic E-state index is 12.9. The highest BCUT2D eigenvalue weighted by atomic mass is 16.7. The second-order valence-electron chi connectivity index (χ2n) is 11.3. The molecule has 1 aromatic carbocycles. The van der Waals surface area contributed by atoms with Crippen LogP contribution in [0, 0.1) is 5.92 Å². The fraction of sp³-hybridized carbons (Fsp3) is 0.679. The second kappa shape index (κ2) is 12.8. The van der Waals surface area contributed by atoms with Crippen molar-refractivity contribution in [2.24, 2.45) is 5.92 Å². The van der Waals surface area contributed by atoms with Crippen molar-refractivity contribution in [1.29, 1.82) is 0 Å². The van der Waals surface area contributed by atoms with Gasteiger partial charge in [-0.3, -0.25) is 4.79 Å². The molecule has 15 nitrogen and oxygen atoms in total. The highest BCUT2D eigenvalue weighted by Gasteiger charge is 2.47. The molecule has 0 aromatic heterocycles. The summed E-state index contributed by atoms with van der Waals surface area (Å²) in [5.41, 5.74) is -0.0539. The van der Waals surface area contributed by atoms with Crippen LogP contribution < -0.4 is 9.47 Å². The molecule has 13 atom stereocenters. The van der Waals surface area contributed by atoms with Crippen LogP contribution in [0.25, 0.3) is 0 Å². The van der Waals surface area contributed by atoms with E-state index in [2.05, 4.69) is 0 Å². The van der Waals surface area contributed by atoms with E-state index in [9.17, 15) is 45.6 Å². The molecule has 43 heavy (non-hydrogen) atoms. The Kier molecular flexibility index (Phi) is 9.48. The molecule has 0 radical (unpaired) electrons. The summed E-state index contributed by atoms with van der Waals surface area (Å²) in [4.78, 5) is 12.9. The van der Waals surface area contributed by atoms with Gasteiger partial charge in [-0.2, -0.15) is 0 Å². The highest BCUT2D eigenvalue weighted by Crippen LogP contribution is 2.42. The van der Waals surface area contributed by atoms with E-state index in [1.165, 1.54) is 20.1 Å². The minimum absolute atomic E-state index is 0.0158. The number of Topliss-reactive ketones (excluding diaryl/α,β-unsaturated/α-hetero) is 1. The fourth-order valence-corrected chi connectivity index (χ4v) is 5.81. The molecule has 0 saturated carbocycles. The van der Waals surface area contributed by atoms with E-state index in [1.807, 2.05) is 0 Å². The summed E-state index contributed by atoms with van der Waals surface area (Å²) in [6.07, 6.45) is -13.2. The van der Waals surface area contributed by atoms with Crippen molar-refractivity contribution in [3.63, 3.8) is 0 Å². The van der Waals surface area contributed by atoms with Crippen molar-refractivity contribution in [3.05, 3.63) is 29.5 Å². The number of hydrogen-bond acceptors (Lipinski definition) is 15. The predicted molar refractivity (Wildman–Crippen MR) is 141 cm³/mol. The third-order valence-corrected chi connectivity index (χ3v) is 8.39. The van der Waals surface area contributed by atoms with Crippen LogP contribution in [-0.2, 0) is 18.9 Å². The van der Waals surface area contributed by atoms with Gasteiger partial charge in [0.05, 0.1) is 12.7 Å². The maximum Gasteiger partial charge on any atom is 0.229 e. The van der Waals surface area contributed by atoms with Gasteiger partial charge in [0.25, 0.3) is 0 Å². The Morgan fingerprint density at radius 1 is 0.884 bits per heavy atom. The Morgan fingerprint density at radius 2 is 1.58 bits per heavy atom. The zero-order valence-electron chi connectivity index (χ0n) is 23.5. The van der Waals surface area contributed by atoms with Gasteiger partial charge in [-0.15, -0.1) is 0 Å². The Balaban J connectivity index is 1.28. The Hall–Kier alpha value is -2.57. The van der Waals surface area contributed by atoms with Gasteiger partial charge in [0, 0.05) is 31.6 Å². The van der Waals surface area contributed by atoms with E-state index in [-0.39, 0.29) is 40.9 Å². The molecule has 2 fully saturated rings. The Morgan fingerprint density at radius 3 is 2.28 bits per heavy atom. The fourth-order valence-electron chi connectivity index (χ4n) is 5.81. The zero-order chi connectivity index (χ0) is 31.2. The number of fused-ring (bicyclic) bond motifs is 1. The lowest BCUT2D eigenvalue weighted by Crippen LogP contribution is -2.61. The van der Waals surface area contributed by atoms with E-state index in [0.29, 0.717) is 12.8 Å². The van der Waals surface area contributed by atoms with Crippen LogP contribution in [-0.4, -0.2) is 134 Å². The average molecular weight is 615 g/mol. The molecule has 1 aliphatic carbocycles. The molecular formula is C28H38O15. The summed E-state index contributed by atoms with van der Waals surface area (Å²) in [6, 6.07) is 2.44. The molecule has 0 spiro atoms. The molecule has 0 bridgehead atoms. The van der Waals surface area contributed by atoms with Gasteiger partial charge in [0.2, 0.25) is 6.29 Å². The smallest absolute Gasteiger partial charge is 0.229 e. The van der Waals surface area contributed by atoms with Gasteiger partial charge in [-0.25, -0.2) is 0 Å². The highest BCUT2D eigenvalue weighted by molar-refractivity contribution is 6.02. The monoisotopic (exact) mass is 614 g/mol. The summed E-state index contributed by atoms with van der Waals surface area (Å²) in [5, 5.41) is 82.4. The topological polar surface area (TPSA) is 234 Å². The Bertz CT molecular complexity index is 1190. The molecule has 4 aliphatic rings. The SMILES string of the molecule is CO[C@H]1CC[C@@H]([C@H]2CC(=O)c3c(O)cc(O[C@H]4O[C@@H](CO[C@H]5O[C@H](C)[C@@H](O)[C@H](O)[C@@H]5O)[C@H](O)[C@@H](O)[C@@H]4O)cc3O2)C=C1O. The number of ether oxygens (including phenoxy) is 6. The summed E-state index contributed by atoms with van der Waals surface area (Å²) in [7, 11) is 1.49. The Labute approximate surface area is 246 Å². The molecule has 15 heteroatoms. The number of aliphatic hydroxyl groups is 7. The summed E-state index contributed by atoms with van der Waals surface area (Å²) in [5.74, 6) is -1.13. The first-order valence-electron chi connectivity index (χ1n) is 14.1. The van der Waals surface area contributed by atoms with E-state index in [0.717, 1.165) is 6.07 Å². The lowest BCUT2D eigenvalue weighted by Gasteiger charge is -2.42. The first-order chi connectivity index (χ1) is 20.4. The molecule has 240 valence electrons. The lowest BCUT2D eigenvalue weighted by molar-refractivity contribution is -0.318. The number of aliphatic hydroxyl groups excluding tert-OH is 7. The normalized spacial score (nSPS) is 41.6. The largest absolute Gasteiger partial charge is 0.510 e. The van der Waals surface area contributed by atoms with Gasteiger partial charge < -0.3 is 69.3 Å². The number of carbonyl (C=O) groups is 1.